The fourth-order valence-corrected chi connectivity index (χ4v) is 1.49. The van der Waals surface area contributed by atoms with Gasteiger partial charge in [0.2, 0.25) is 0 Å². The molecule has 0 aliphatic carbocycles. The maximum Gasteiger partial charge on any atom is 0.416 e. The van der Waals surface area contributed by atoms with Gasteiger partial charge in [-0.15, -0.1) is 0 Å². The molecule has 0 aliphatic rings. The number of alkyl halides is 3. The molecule has 2 N–H and O–H groups in total. The maximum absolute atomic E-state index is 12.3. The molecule has 0 radical (unpaired) electrons. The minimum Gasteiger partial charge on any atom is -0.338 e. The van der Waals surface area contributed by atoms with Crippen LogP contribution in [0.4, 0.5) is 18.0 Å². The minimum absolute atomic E-state index is 0.0473. The number of halogens is 3. The summed E-state index contributed by atoms with van der Waals surface area (Å²) < 4.78 is 37.0. The van der Waals surface area contributed by atoms with Crippen LogP contribution in [0.1, 0.15) is 25.0 Å². The summed E-state index contributed by atoms with van der Waals surface area (Å²) in [7, 11) is 0. The molecule has 1 aromatic carbocycles. The summed E-state index contributed by atoms with van der Waals surface area (Å²) in [6.07, 6.45) is -3.82. The van der Waals surface area contributed by atoms with Crippen molar-refractivity contribution in [3.63, 3.8) is 0 Å². The van der Waals surface area contributed by atoms with Gasteiger partial charge in [0, 0.05) is 12.6 Å². The highest BCUT2D eigenvalue weighted by molar-refractivity contribution is 5.74. The molecule has 0 spiro atoms. The van der Waals surface area contributed by atoms with E-state index in [-0.39, 0.29) is 12.1 Å². The Morgan fingerprint density at radius 1 is 1.21 bits per heavy atom. The molecular weight excluding hydrogens is 257 g/mol. The second-order valence-corrected chi connectivity index (χ2v) is 4.50. The Morgan fingerprint density at radius 3 is 2.26 bits per heavy atom. The molecule has 0 saturated heterocycles. The lowest BCUT2D eigenvalue weighted by atomic mass is 10.1. The lowest BCUT2D eigenvalue weighted by Crippen LogP contribution is -2.40. The first-order valence-electron chi connectivity index (χ1n) is 5.99. The highest BCUT2D eigenvalue weighted by Gasteiger charge is 2.29. The number of rotatable bonds is 4. The SMILES string of the molecule is CC(C)NC(=O)NCCc1ccc(C(F)(F)F)cc1. The number of nitrogens with one attached hydrogen (secondary N) is 2. The molecule has 0 saturated carbocycles. The van der Waals surface area contributed by atoms with Gasteiger partial charge in [-0.25, -0.2) is 4.79 Å². The van der Waals surface area contributed by atoms with Gasteiger partial charge in [-0.05, 0) is 38.0 Å². The van der Waals surface area contributed by atoms with Crippen molar-refractivity contribution in [3.05, 3.63) is 35.4 Å². The van der Waals surface area contributed by atoms with Gasteiger partial charge in [0.15, 0.2) is 0 Å². The van der Waals surface area contributed by atoms with Gasteiger partial charge in [-0.3, -0.25) is 0 Å². The molecule has 1 aromatic rings. The van der Waals surface area contributed by atoms with Crippen LogP contribution in [0.15, 0.2) is 24.3 Å². The third kappa shape index (κ3) is 5.63. The van der Waals surface area contributed by atoms with E-state index in [0.717, 1.165) is 17.7 Å². The van der Waals surface area contributed by atoms with Gasteiger partial charge in [0.25, 0.3) is 0 Å². The predicted molar refractivity (Wildman–Crippen MR) is 66.8 cm³/mol. The van der Waals surface area contributed by atoms with E-state index in [1.165, 1.54) is 12.1 Å². The fraction of sp³-hybridized carbons (Fsp3) is 0.462. The van der Waals surface area contributed by atoms with E-state index in [2.05, 4.69) is 10.6 Å². The van der Waals surface area contributed by atoms with Gasteiger partial charge >= 0.3 is 12.2 Å². The van der Waals surface area contributed by atoms with Crippen LogP contribution in [-0.4, -0.2) is 18.6 Å². The molecule has 106 valence electrons. The Bertz CT molecular complexity index is 413. The number of carbonyl (C=O) groups is 1. The van der Waals surface area contributed by atoms with Crippen LogP contribution in [0, 0.1) is 0 Å². The van der Waals surface area contributed by atoms with Crippen molar-refractivity contribution in [1.29, 1.82) is 0 Å². The molecular formula is C13H17F3N2O. The number of carbonyl (C=O) groups excluding carboxylic acids is 1. The maximum atomic E-state index is 12.3. The Balaban J connectivity index is 2.40. The van der Waals surface area contributed by atoms with E-state index in [0.29, 0.717) is 13.0 Å². The summed E-state index contributed by atoms with van der Waals surface area (Å²) >= 11 is 0. The molecule has 0 aliphatic heterocycles. The molecule has 0 fully saturated rings. The highest BCUT2D eigenvalue weighted by atomic mass is 19.4. The van der Waals surface area contributed by atoms with Crippen LogP contribution < -0.4 is 10.6 Å². The van der Waals surface area contributed by atoms with Crippen molar-refractivity contribution >= 4 is 6.03 Å². The monoisotopic (exact) mass is 274 g/mol. The van der Waals surface area contributed by atoms with Crippen LogP contribution in [0.25, 0.3) is 0 Å². The van der Waals surface area contributed by atoms with Crippen molar-refractivity contribution in [3.8, 4) is 0 Å². The molecule has 0 atom stereocenters. The van der Waals surface area contributed by atoms with E-state index in [4.69, 9.17) is 0 Å². The third-order valence-corrected chi connectivity index (χ3v) is 2.40. The van der Waals surface area contributed by atoms with Crippen molar-refractivity contribution in [2.24, 2.45) is 0 Å². The second kappa shape index (κ2) is 6.45. The zero-order valence-corrected chi connectivity index (χ0v) is 10.8. The standard InChI is InChI=1S/C13H17F3N2O/c1-9(2)18-12(19)17-8-7-10-3-5-11(6-4-10)13(14,15)16/h3-6,9H,7-8H2,1-2H3,(H2,17,18,19). The summed E-state index contributed by atoms with van der Waals surface area (Å²) in [5, 5.41) is 5.29. The van der Waals surface area contributed by atoms with Crippen LogP contribution in [0.3, 0.4) is 0 Å². The van der Waals surface area contributed by atoms with Crippen LogP contribution in [0.5, 0.6) is 0 Å². The molecule has 0 heterocycles. The summed E-state index contributed by atoms with van der Waals surface area (Å²) in [6.45, 7) is 4.06. The Labute approximate surface area is 110 Å². The number of urea groups is 1. The molecule has 2 amide bonds. The molecule has 3 nitrogen and oxygen atoms in total. The van der Waals surface area contributed by atoms with Gasteiger partial charge < -0.3 is 10.6 Å². The molecule has 19 heavy (non-hydrogen) atoms. The van der Waals surface area contributed by atoms with Gasteiger partial charge in [-0.2, -0.15) is 13.2 Å². The van der Waals surface area contributed by atoms with Crippen molar-refractivity contribution < 1.29 is 18.0 Å². The lowest BCUT2D eigenvalue weighted by Gasteiger charge is -2.10. The van der Waals surface area contributed by atoms with E-state index >= 15 is 0 Å². The number of amides is 2. The number of hydrogen-bond acceptors (Lipinski definition) is 1. The first-order valence-corrected chi connectivity index (χ1v) is 5.99. The normalized spacial score (nSPS) is 11.5. The van der Waals surface area contributed by atoms with E-state index in [1.807, 2.05) is 13.8 Å². The number of hydrogen-bond donors (Lipinski definition) is 2. The molecule has 0 aromatic heterocycles. The summed E-state index contributed by atoms with van der Waals surface area (Å²) in [6, 6.07) is 4.70. The molecule has 0 unspecified atom stereocenters. The molecule has 0 bridgehead atoms. The van der Waals surface area contributed by atoms with Crippen LogP contribution in [0.2, 0.25) is 0 Å². The summed E-state index contributed by atoms with van der Waals surface area (Å²) in [4.78, 5) is 11.3. The van der Waals surface area contributed by atoms with Crippen LogP contribution in [-0.2, 0) is 12.6 Å². The molecule has 1 rings (SSSR count). The first-order chi connectivity index (χ1) is 8.79. The third-order valence-electron chi connectivity index (χ3n) is 2.40. The highest BCUT2D eigenvalue weighted by Crippen LogP contribution is 2.29. The average Bonchev–Trinajstić information content (AvgIpc) is 2.27. The Hall–Kier alpha value is -1.72. The van der Waals surface area contributed by atoms with Gasteiger partial charge in [-0.1, -0.05) is 12.1 Å². The summed E-state index contributed by atoms with van der Waals surface area (Å²) in [5.74, 6) is 0. The summed E-state index contributed by atoms with van der Waals surface area (Å²) in [5.41, 5.74) is 0.0830. The topological polar surface area (TPSA) is 41.1 Å². The minimum atomic E-state index is -4.31. The quantitative estimate of drug-likeness (QED) is 0.870. The van der Waals surface area contributed by atoms with Crippen molar-refractivity contribution in [2.45, 2.75) is 32.5 Å². The Morgan fingerprint density at radius 2 is 1.79 bits per heavy atom. The first kappa shape index (κ1) is 15.3. The van der Waals surface area contributed by atoms with Crippen LogP contribution >= 0.6 is 0 Å². The average molecular weight is 274 g/mol. The van der Waals surface area contributed by atoms with E-state index in [9.17, 15) is 18.0 Å². The molecule has 6 heteroatoms. The van der Waals surface area contributed by atoms with E-state index < -0.39 is 11.7 Å². The lowest BCUT2D eigenvalue weighted by molar-refractivity contribution is -0.137. The van der Waals surface area contributed by atoms with Gasteiger partial charge in [0.05, 0.1) is 5.56 Å². The zero-order valence-electron chi connectivity index (χ0n) is 10.8. The second-order valence-electron chi connectivity index (χ2n) is 4.50. The van der Waals surface area contributed by atoms with E-state index in [1.54, 1.807) is 0 Å². The fourth-order valence-electron chi connectivity index (χ4n) is 1.49. The predicted octanol–water partition coefficient (Wildman–Crippen LogP) is 2.96. The number of benzene rings is 1. The largest absolute Gasteiger partial charge is 0.416 e. The Kier molecular flexibility index (Phi) is 5.20. The van der Waals surface area contributed by atoms with Crippen molar-refractivity contribution in [1.82, 2.24) is 10.6 Å². The smallest absolute Gasteiger partial charge is 0.338 e. The zero-order chi connectivity index (χ0) is 14.5. The van der Waals surface area contributed by atoms with Crippen molar-refractivity contribution in [2.75, 3.05) is 6.54 Å². The van der Waals surface area contributed by atoms with Gasteiger partial charge in [0.1, 0.15) is 0 Å².